The molecule has 23 heavy (non-hydrogen) atoms. The maximum atomic E-state index is 6.06. The standard InChI is InChI=1S/C14H13N5OS.C2H6/c15-12-10-5-9(6-19-3-1-2-4-19)21-14(10)18-13(17-12)11-7-20-8-16-11;1-2/h1-2,5,7-8H,3-4,6H2,(H2,15,17,18);1-2H3. The van der Waals surface area contributed by atoms with Gasteiger partial charge in [0.25, 0.3) is 0 Å². The molecular formula is C16H19N5OS. The van der Waals surface area contributed by atoms with Gasteiger partial charge in [0, 0.05) is 24.5 Å². The monoisotopic (exact) mass is 329 g/mol. The van der Waals surface area contributed by atoms with E-state index in [0.29, 0.717) is 17.3 Å². The molecule has 2 N–H and O–H groups in total. The number of hydrogen-bond acceptors (Lipinski definition) is 7. The predicted molar refractivity (Wildman–Crippen MR) is 93.1 cm³/mol. The first-order valence-electron chi connectivity index (χ1n) is 7.61. The molecular weight excluding hydrogens is 310 g/mol. The third-order valence-corrected chi connectivity index (χ3v) is 4.42. The summed E-state index contributed by atoms with van der Waals surface area (Å²) in [6.45, 7) is 6.91. The van der Waals surface area contributed by atoms with Gasteiger partial charge >= 0.3 is 0 Å². The lowest BCUT2D eigenvalue weighted by Gasteiger charge is -2.12. The second-order valence-electron chi connectivity index (χ2n) is 4.90. The summed E-state index contributed by atoms with van der Waals surface area (Å²) in [6.07, 6.45) is 7.25. The zero-order valence-electron chi connectivity index (χ0n) is 13.2. The number of hydrogen-bond donors (Lipinski definition) is 1. The molecule has 0 atom stereocenters. The van der Waals surface area contributed by atoms with E-state index in [0.717, 1.165) is 29.9 Å². The number of rotatable bonds is 3. The SMILES string of the molecule is CC.Nc1nc(-c2cocn2)nc2sc(CN3CC=CC3)cc12. The fraction of sp³-hybridized carbons (Fsp3) is 0.312. The number of aromatic nitrogens is 3. The number of anilines is 1. The van der Waals surface area contributed by atoms with E-state index in [4.69, 9.17) is 10.2 Å². The van der Waals surface area contributed by atoms with Gasteiger partial charge in [-0.2, -0.15) is 0 Å². The number of fused-ring (bicyclic) bond motifs is 1. The van der Waals surface area contributed by atoms with Crippen molar-refractivity contribution >= 4 is 27.4 Å². The van der Waals surface area contributed by atoms with Crippen molar-refractivity contribution in [3.8, 4) is 11.5 Å². The van der Waals surface area contributed by atoms with Crippen LogP contribution in [0.3, 0.4) is 0 Å². The van der Waals surface area contributed by atoms with Crippen molar-refractivity contribution < 1.29 is 4.42 Å². The molecule has 0 aromatic carbocycles. The minimum Gasteiger partial charge on any atom is -0.451 e. The quantitative estimate of drug-likeness (QED) is 0.742. The molecule has 3 aromatic rings. The molecule has 0 fully saturated rings. The van der Waals surface area contributed by atoms with Crippen molar-refractivity contribution in [2.45, 2.75) is 20.4 Å². The highest BCUT2D eigenvalue weighted by atomic mass is 32.1. The molecule has 3 aromatic heterocycles. The van der Waals surface area contributed by atoms with Crippen molar-refractivity contribution in [2.24, 2.45) is 0 Å². The summed E-state index contributed by atoms with van der Waals surface area (Å²) in [5.74, 6) is 0.991. The van der Waals surface area contributed by atoms with Gasteiger partial charge in [-0.1, -0.05) is 26.0 Å². The second kappa shape index (κ2) is 6.89. The number of thiophene rings is 1. The highest BCUT2D eigenvalue weighted by Crippen LogP contribution is 2.30. The van der Waals surface area contributed by atoms with Gasteiger partial charge in [0.2, 0.25) is 0 Å². The Morgan fingerprint density at radius 2 is 2.04 bits per heavy atom. The van der Waals surface area contributed by atoms with E-state index in [2.05, 4.69) is 38.1 Å². The molecule has 0 bridgehead atoms. The summed E-state index contributed by atoms with van der Waals surface area (Å²) in [4.78, 5) is 17.4. The summed E-state index contributed by atoms with van der Waals surface area (Å²) in [5.41, 5.74) is 6.66. The van der Waals surface area contributed by atoms with Crippen LogP contribution in [0.2, 0.25) is 0 Å². The number of nitrogens with zero attached hydrogens (tertiary/aromatic N) is 4. The van der Waals surface area contributed by atoms with Gasteiger partial charge in [-0.15, -0.1) is 11.3 Å². The molecule has 7 heteroatoms. The summed E-state index contributed by atoms with van der Waals surface area (Å²) in [5, 5.41) is 0.911. The Morgan fingerprint density at radius 3 is 2.74 bits per heavy atom. The lowest BCUT2D eigenvalue weighted by Crippen LogP contribution is -2.18. The van der Waals surface area contributed by atoms with Crippen molar-refractivity contribution in [3.05, 3.63) is 35.8 Å². The minimum absolute atomic E-state index is 0.486. The topological polar surface area (TPSA) is 81.1 Å². The molecule has 0 spiro atoms. The predicted octanol–water partition coefficient (Wildman–Crippen LogP) is 3.33. The van der Waals surface area contributed by atoms with Gasteiger partial charge in [-0.25, -0.2) is 15.0 Å². The smallest absolute Gasteiger partial charge is 0.184 e. The van der Waals surface area contributed by atoms with E-state index in [1.807, 2.05) is 13.8 Å². The Hall–Kier alpha value is -2.25. The van der Waals surface area contributed by atoms with Crippen LogP contribution in [0.4, 0.5) is 5.82 Å². The number of nitrogen functional groups attached to an aromatic ring is 1. The van der Waals surface area contributed by atoms with Gasteiger partial charge in [-0.05, 0) is 6.07 Å². The van der Waals surface area contributed by atoms with Crippen LogP contribution in [-0.4, -0.2) is 32.9 Å². The maximum Gasteiger partial charge on any atom is 0.184 e. The first-order chi connectivity index (χ1) is 11.3. The minimum atomic E-state index is 0.486. The van der Waals surface area contributed by atoms with E-state index in [1.54, 1.807) is 11.3 Å². The highest BCUT2D eigenvalue weighted by Gasteiger charge is 2.14. The van der Waals surface area contributed by atoms with Crippen molar-refractivity contribution in [2.75, 3.05) is 18.8 Å². The third kappa shape index (κ3) is 3.25. The first-order valence-corrected chi connectivity index (χ1v) is 8.43. The van der Waals surface area contributed by atoms with Crippen LogP contribution in [0.5, 0.6) is 0 Å². The van der Waals surface area contributed by atoms with E-state index in [1.165, 1.54) is 17.5 Å². The number of oxazole rings is 1. The van der Waals surface area contributed by atoms with Crippen LogP contribution in [0.15, 0.2) is 35.3 Å². The maximum absolute atomic E-state index is 6.06. The first kappa shape index (κ1) is 15.6. The van der Waals surface area contributed by atoms with Gasteiger partial charge in [0.1, 0.15) is 22.6 Å². The Morgan fingerprint density at radius 1 is 1.26 bits per heavy atom. The molecule has 4 heterocycles. The fourth-order valence-electron chi connectivity index (χ4n) is 2.38. The van der Waals surface area contributed by atoms with Crippen molar-refractivity contribution in [1.29, 1.82) is 0 Å². The number of nitrogens with two attached hydrogens (primary N) is 1. The molecule has 0 radical (unpaired) electrons. The molecule has 0 unspecified atom stereocenters. The van der Waals surface area contributed by atoms with Crippen LogP contribution in [0, 0.1) is 0 Å². The molecule has 120 valence electrons. The Balaban J connectivity index is 0.000000753. The van der Waals surface area contributed by atoms with Gasteiger partial charge in [-0.3, -0.25) is 4.90 Å². The normalized spacial score (nSPS) is 14.2. The second-order valence-corrected chi connectivity index (χ2v) is 6.02. The largest absolute Gasteiger partial charge is 0.451 e. The van der Waals surface area contributed by atoms with Crippen molar-refractivity contribution in [1.82, 2.24) is 19.9 Å². The molecule has 1 aliphatic heterocycles. The molecule has 0 saturated carbocycles. The van der Waals surface area contributed by atoms with Crippen LogP contribution in [-0.2, 0) is 6.54 Å². The van der Waals surface area contributed by atoms with Crippen LogP contribution in [0.1, 0.15) is 18.7 Å². The van der Waals surface area contributed by atoms with Crippen LogP contribution in [0.25, 0.3) is 21.7 Å². The molecule has 0 amide bonds. The third-order valence-electron chi connectivity index (χ3n) is 3.41. The fourth-order valence-corrected chi connectivity index (χ4v) is 3.46. The lowest BCUT2D eigenvalue weighted by atomic mass is 10.3. The Bertz CT molecular complexity index is 801. The molecule has 1 aliphatic rings. The van der Waals surface area contributed by atoms with E-state index >= 15 is 0 Å². The Kier molecular flexibility index (Phi) is 4.68. The van der Waals surface area contributed by atoms with Gasteiger partial charge in [0.05, 0.1) is 5.39 Å². The summed E-state index contributed by atoms with van der Waals surface area (Å²) >= 11 is 1.65. The van der Waals surface area contributed by atoms with E-state index in [-0.39, 0.29) is 0 Å². The van der Waals surface area contributed by atoms with Gasteiger partial charge < -0.3 is 10.2 Å². The average molecular weight is 329 g/mol. The van der Waals surface area contributed by atoms with Crippen LogP contribution < -0.4 is 5.73 Å². The van der Waals surface area contributed by atoms with Gasteiger partial charge in [0.15, 0.2) is 12.2 Å². The summed E-state index contributed by atoms with van der Waals surface area (Å²) < 4.78 is 4.97. The Labute approximate surface area is 138 Å². The summed E-state index contributed by atoms with van der Waals surface area (Å²) in [7, 11) is 0. The molecule has 4 rings (SSSR count). The average Bonchev–Trinajstić information content (AvgIpc) is 3.31. The zero-order valence-corrected chi connectivity index (χ0v) is 14.0. The van der Waals surface area contributed by atoms with Crippen LogP contribution >= 0.6 is 11.3 Å². The molecule has 0 saturated heterocycles. The lowest BCUT2D eigenvalue weighted by molar-refractivity contribution is 0.348. The molecule has 6 nitrogen and oxygen atoms in total. The zero-order chi connectivity index (χ0) is 16.2. The van der Waals surface area contributed by atoms with Crippen molar-refractivity contribution in [3.63, 3.8) is 0 Å². The molecule has 0 aliphatic carbocycles. The summed E-state index contributed by atoms with van der Waals surface area (Å²) in [6, 6.07) is 2.08. The van der Waals surface area contributed by atoms with E-state index in [9.17, 15) is 0 Å². The highest BCUT2D eigenvalue weighted by molar-refractivity contribution is 7.18. The van der Waals surface area contributed by atoms with E-state index < -0.39 is 0 Å².